The van der Waals surface area contributed by atoms with E-state index in [9.17, 15) is 0 Å². The van der Waals surface area contributed by atoms with Crippen LogP contribution in [-0.4, -0.2) is 9.78 Å². The van der Waals surface area contributed by atoms with E-state index in [1.807, 2.05) is 54.6 Å². The molecule has 1 aromatic heterocycles. The first-order valence-corrected chi connectivity index (χ1v) is 8.75. The van der Waals surface area contributed by atoms with Crippen molar-refractivity contribution in [2.75, 3.05) is 0 Å². The van der Waals surface area contributed by atoms with Crippen molar-refractivity contribution in [3.8, 4) is 11.8 Å². The Hall–Kier alpha value is -1.94. The van der Waals surface area contributed by atoms with Gasteiger partial charge in [-0.3, -0.25) is 0 Å². The van der Waals surface area contributed by atoms with Gasteiger partial charge in [0.15, 0.2) is 8.29 Å². The lowest BCUT2D eigenvalue weighted by Crippen LogP contribution is -1.95. The summed E-state index contributed by atoms with van der Waals surface area (Å²) >= 11 is 8.52. The average molecular weight is 341 g/mol. The van der Waals surface area contributed by atoms with E-state index in [-0.39, 0.29) is 0 Å². The molecular formula is C16H11N3S3. The minimum Gasteiger partial charge on any atom is -0.211 e. The zero-order valence-corrected chi connectivity index (χ0v) is 13.9. The number of para-hydroxylation sites is 1. The molecule has 0 N–H and O–H groups in total. The number of nitrogens with zero attached hydrogens (tertiary/aromatic N) is 3. The fraction of sp³-hybridized carbons (Fsp3) is 0.0625. The molecule has 0 spiro atoms. The summed E-state index contributed by atoms with van der Waals surface area (Å²) in [4.78, 5) is 0. The van der Waals surface area contributed by atoms with Crippen LogP contribution >= 0.6 is 35.3 Å². The second-order valence-corrected chi connectivity index (χ2v) is 7.33. The summed E-state index contributed by atoms with van der Waals surface area (Å²) in [6.45, 7) is 0. The molecule has 0 saturated heterocycles. The number of aromatic nitrogens is 2. The Morgan fingerprint density at radius 3 is 2.77 bits per heavy atom. The highest BCUT2D eigenvalue weighted by molar-refractivity contribution is 8.00. The van der Waals surface area contributed by atoms with Gasteiger partial charge in [-0.15, -0.1) is 5.10 Å². The van der Waals surface area contributed by atoms with Crippen molar-refractivity contribution < 1.29 is 0 Å². The summed E-state index contributed by atoms with van der Waals surface area (Å²) in [6.07, 6.45) is 0. The van der Waals surface area contributed by atoms with Gasteiger partial charge in [0.1, 0.15) is 0 Å². The Kier molecular flexibility index (Phi) is 4.68. The van der Waals surface area contributed by atoms with Crippen LogP contribution in [0.2, 0.25) is 0 Å². The summed E-state index contributed by atoms with van der Waals surface area (Å²) in [7, 11) is 0. The zero-order chi connectivity index (χ0) is 15.4. The van der Waals surface area contributed by atoms with Gasteiger partial charge in [-0.25, -0.2) is 4.68 Å². The zero-order valence-electron chi connectivity index (χ0n) is 11.5. The molecule has 1 heterocycles. The van der Waals surface area contributed by atoms with E-state index in [1.54, 1.807) is 16.4 Å². The maximum absolute atomic E-state index is 8.93. The molecule has 0 aliphatic carbocycles. The van der Waals surface area contributed by atoms with Crippen molar-refractivity contribution in [2.45, 2.75) is 10.1 Å². The summed E-state index contributed by atoms with van der Waals surface area (Å²) < 4.78 is 3.45. The van der Waals surface area contributed by atoms with Crippen LogP contribution in [0, 0.1) is 15.3 Å². The Labute approximate surface area is 141 Å². The minimum atomic E-state index is 0.681. The van der Waals surface area contributed by atoms with Crippen LogP contribution < -0.4 is 0 Å². The second kappa shape index (κ2) is 6.88. The fourth-order valence-electron chi connectivity index (χ4n) is 1.93. The van der Waals surface area contributed by atoms with Gasteiger partial charge in [0.2, 0.25) is 0 Å². The highest BCUT2D eigenvalue weighted by atomic mass is 32.2. The highest BCUT2D eigenvalue weighted by Crippen LogP contribution is 2.27. The lowest BCUT2D eigenvalue weighted by Gasteiger charge is -2.00. The Morgan fingerprint density at radius 2 is 2.00 bits per heavy atom. The number of thioether (sulfide) groups is 1. The van der Waals surface area contributed by atoms with E-state index >= 15 is 0 Å². The molecule has 6 heteroatoms. The molecule has 22 heavy (non-hydrogen) atoms. The standard InChI is InChI=1S/C16H11N3S3/c17-10-12-5-4-6-13(9-12)11-21-15-18-19(16(20)22-15)14-7-2-1-3-8-14/h1-9H,11H2. The number of hydrogen-bond acceptors (Lipinski definition) is 5. The smallest absolute Gasteiger partial charge is 0.184 e. The molecule has 0 unspecified atom stereocenters. The van der Waals surface area contributed by atoms with Crippen molar-refractivity contribution in [1.29, 1.82) is 5.26 Å². The molecular weight excluding hydrogens is 330 g/mol. The van der Waals surface area contributed by atoms with Gasteiger partial charge in [-0.2, -0.15) is 5.26 Å². The highest BCUT2D eigenvalue weighted by Gasteiger charge is 2.06. The van der Waals surface area contributed by atoms with Gasteiger partial charge in [0.25, 0.3) is 0 Å². The Morgan fingerprint density at radius 1 is 1.18 bits per heavy atom. The van der Waals surface area contributed by atoms with Gasteiger partial charge in [0.05, 0.1) is 17.3 Å². The van der Waals surface area contributed by atoms with E-state index < -0.39 is 0 Å². The van der Waals surface area contributed by atoms with Gasteiger partial charge in [-0.05, 0) is 42.0 Å². The molecule has 3 nitrogen and oxygen atoms in total. The van der Waals surface area contributed by atoms with E-state index in [1.165, 1.54) is 11.3 Å². The third-order valence-electron chi connectivity index (χ3n) is 2.95. The third-order valence-corrected chi connectivity index (χ3v) is 5.38. The minimum absolute atomic E-state index is 0.681. The van der Waals surface area contributed by atoms with E-state index in [0.717, 1.165) is 25.3 Å². The normalized spacial score (nSPS) is 10.3. The molecule has 0 amide bonds. The summed E-state index contributed by atoms with van der Waals surface area (Å²) in [5.41, 5.74) is 2.76. The van der Waals surface area contributed by atoms with Gasteiger partial charge >= 0.3 is 0 Å². The average Bonchev–Trinajstić information content (AvgIpc) is 2.95. The molecule has 0 aliphatic heterocycles. The molecule has 0 atom stereocenters. The van der Waals surface area contributed by atoms with Gasteiger partial charge in [-0.1, -0.05) is 53.4 Å². The lowest BCUT2D eigenvalue weighted by molar-refractivity contribution is 0.829. The monoisotopic (exact) mass is 341 g/mol. The molecule has 3 aromatic rings. The maximum Gasteiger partial charge on any atom is 0.184 e. The molecule has 0 aliphatic rings. The first kappa shape index (κ1) is 15.0. The van der Waals surface area contributed by atoms with Crippen LogP contribution in [0.25, 0.3) is 5.69 Å². The summed E-state index contributed by atoms with van der Waals surface area (Å²) in [5.74, 6) is 0.770. The van der Waals surface area contributed by atoms with Crippen LogP contribution in [-0.2, 0) is 5.75 Å². The topological polar surface area (TPSA) is 41.6 Å². The van der Waals surface area contributed by atoms with Crippen molar-refractivity contribution >= 4 is 35.3 Å². The van der Waals surface area contributed by atoms with Crippen LogP contribution in [0.1, 0.15) is 11.1 Å². The van der Waals surface area contributed by atoms with Crippen molar-refractivity contribution in [2.24, 2.45) is 0 Å². The van der Waals surface area contributed by atoms with Crippen molar-refractivity contribution in [3.05, 3.63) is 69.7 Å². The van der Waals surface area contributed by atoms with Gasteiger partial charge in [0, 0.05) is 5.75 Å². The number of hydrogen-bond donors (Lipinski definition) is 0. The van der Waals surface area contributed by atoms with E-state index in [0.29, 0.717) is 5.56 Å². The largest absolute Gasteiger partial charge is 0.211 e. The molecule has 108 valence electrons. The Bertz CT molecular complexity index is 875. The van der Waals surface area contributed by atoms with Crippen molar-refractivity contribution in [3.63, 3.8) is 0 Å². The second-order valence-electron chi connectivity index (χ2n) is 4.48. The fourth-order valence-corrected chi connectivity index (χ4v) is 4.23. The molecule has 2 aromatic carbocycles. The van der Waals surface area contributed by atoms with E-state index in [2.05, 4.69) is 11.2 Å². The Balaban J connectivity index is 1.77. The van der Waals surface area contributed by atoms with Crippen LogP contribution in [0.4, 0.5) is 0 Å². The maximum atomic E-state index is 8.93. The van der Waals surface area contributed by atoms with Crippen molar-refractivity contribution in [1.82, 2.24) is 9.78 Å². The summed E-state index contributed by atoms with van der Waals surface area (Å²) in [6, 6.07) is 19.7. The molecule has 0 saturated carbocycles. The molecule has 0 fully saturated rings. The van der Waals surface area contributed by atoms with Crippen LogP contribution in [0.5, 0.6) is 0 Å². The number of nitriles is 1. The molecule has 0 bridgehead atoms. The number of benzene rings is 2. The van der Waals surface area contributed by atoms with Crippen LogP contribution in [0.15, 0.2) is 58.9 Å². The van der Waals surface area contributed by atoms with Crippen LogP contribution in [0.3, 0.4) is 0 Å². The molecule has 3 rings (SSSR count). The SMILES string of the molecule is N#Cc1cccc(CSc2nn(-c3ccccc3)c(=S)s2)c1. The number of rotatable bonds is 4. The predicted molar refractivity (Wildman–Crippen MR) is 93.0 cm³/mol. The van der Waals surface area contributed by atoms with E-state index in [4.69, 9.17) is 17.5 Å². The predicted octanol–water partition coefficient (Wildman–Crippen LogP) is 4.83. The third kappa shape index (κ3) is 3.45. The van der Waals surface area contributed by atoms with Gasteiger partial charge < -0.3 is 0 Å². The molecule has 0 radical (unpaired) electrons. The quantitative estimate of drug-likeness (QED) is 0.503. The summed E-state index contributed by atoms with van der Waals surface area (Å²) in [5, 5.41) is 13.5. The first-order chi connectivity index (χ1) is 10.8. The lowest BCUT2D eigenvalue weighted by atomic mass is 10.2. The first-order valence-electron chi connectivity index (χ1n) is 6.54.